The van der Waals surface area contributed by atoms with Crippen molar-refractivity contribution in [2.24, 2.45) is 0 Å². The van der Waals surface area contributed by atoms with Crippen LogP contribution in [0.1, 0.15) is 26.2 Å². The summed E-state index contributed by atoms with van der Waals surface area (Å²) < 4.78 is 12.0. The van der Waals surface area contributed by atoms with E-state index in [1.54, 1.807) is 6.56 Å². The van der Waals surface area contributed by atoms with Crippen LogP contribution in [0, 0.1) is 0 Å². The molecule has 0 aromatic carbocycles. The predicted octanol–water partition coefficient (Wildman–Crippen LogP) is -1.27. The van der Waals surface area contributed by atoms with Gasteiger partial charge in [0.25, 0.3) is 0 Å². The Morgan fingerprint density at radius 1 is 1.18 bits per heavy atom. The largest absolute Gasteiger partial charge is 1.00 e. The van der Waals surface area contributed by atoms with Gasteiger partial charge < -0.3 is 24.8 Å². The first-order valence-electron chi connectivity index (χ1n) is 7.56. The van der Waals surface area contributed by atoms with Crippen LogP contribution < -0.4 is 24.8 Å². The Bertz CT molecular complexity index is 525. The zero-order valence-corrected chi connectivity index (χ0v) is 18.9. The van der Waals surface area contributed by atoms with Crippen molar-refractivity contribution in [1.29, 1.82) is 0 Å². The fourth-order valence-corrected chi connectivity index (χ4v) is 9.33. The minimum Gasteiger partial charge on any atom is -1.00 e. The third kappa shape index (κ3) is 6.93. The first-order valence-corrected chi connectivity index (χ1v) is 14.8. The van der Waals surface area contributed by atoms with Gasteiger partial charge in [-0.2, -0.15) is 0 Å². The second kappa shape index (κ2) is 10.4. The Morgan fingerprint density at radius 3 is 2.45 bits per heavy atom. The van der Waals surface area contributed by atoms with Crippen molar-refractivity contribution in [1.82, 2.24) is 0 Å². The van der Waals surface area contributed by atoms with E-state index in [2.05, 4.69) is 60.7 Å². The fraction of sp³-hybridized carbons (Fsp3) is 0.471. The van der Waals surface area contributed by atoms with Crippen molar-refractivity contribution < 1.29 is 50.5 Å². The van der Waals surface area contributed by atoms with Gasteiger partial charge >= 0.3 is 133 Å². The average molecular weight is 437 g/mol. The Labute approximate surface area is 156 Å². The van der Waals surface area contributed by atoms with Gasteiger partial charge in [0.05, 0.1) is 0 Å². The van der Waals surface area contributed by atoms with Gasteiger partial charge in [-0.3, -0.25) is 0 Å². The molecule has 0 saturated carbocycles. The number of halogens is 2. The molecule has 0 fully saturated rings. The molecule has 2 aliphatic rings. The number of hydrogen-bond donors (Lipinski definition) is 0. The van der Waals surface area contributed by atoms with Crippen LogP contribution in [0.15, 0.2) is 42.5 Å². The van der Waals surface area contributed by atoms with Gasteiger partial charge in [0, 0.05) is 0 Å². The molecule has 0 radical (unpaired) electrons. The number of hydrogen-bond acceptors (Lipinski definition) is 1. The molecular weight excluding hydrogens is 410 g/mol. The summed E-state index contributed by atoms with van der Waals surface area (Å²) in [5.74, 6) is 0. The summed E-state index contributed by atoms with van der Waals surface area (Å²) in [5, 5.41) is 0. The van der Waals surface area contributed by atoms with Gasteiger partial charge in [-0.15, -0.1) is 0 Å². The average Bonchev–Trinajstić information content (AvgIpc) is 3.01. The number of rotatable bonds is 6. The maximum Gasteiger partial charge on any atom is -1.00 e. The zero-order chi connectivity index (χ0) is 14.6. The van der Waals surface area contributed by atoms with Gasteiger partial charge in [-0.25, -0.2) is 0 Å². The molecule has 2 rings (SSSR count). The maximum atomic E-state index is 5.97. The molecule has 0 aromatic heterocycles. The summed E-state index contributed by atoms with van der Waals surface area (Å²) in [7, 11) is -1.36. The summed E-state index contributed by atoms with van der Waals surface area (Å²) >= 11 is -1.60. The Morgan fingerprint density at radius 2 is 1.91 bits per heavy atom. The predicted molar refractivity (Wildman–Crippen MR) is 88.3 cm³/mol. The zero-order valence-electron chi connectivity index (χ0n) is 14.0. The van der Waals surface area contributed by atoms with Crippen LogP contribution in [0.3, 0.4) is 0 Å². The molecular formula is C17H26Cl2OSiZr. The molecule has 0 heterocycles. The van der Waals surface area contributed by atoms with Crippen molar-refractivity contribution in [3.8, 4) is 0 Å². The van der Waals surface area contributed by atoms with E-state index in [4.69, 9.17) is 4.43 Å². The number of allylic oxidation sites excluding steroid dienone is 7. The van der Waals surface area contributed by atoms with Gasteiger partial charge in [0.1, 0.15) is 0 Å². The molecule has 0 N–H and O–H groups in total. The molecule has 5 heteroatoms. The molecule has 0 saturated heterocycles. The van der Waals surface area contributed by atoms with Gasteiger partial charge in [0.15, 0.2) is 0 Å². The Hall–Kier alpha value is 0.470. The minimum absolute atomic E-state index is 0. The molecule has 0 spiro atoms. The third-order valence-electron chi connectivity index (χ3n) is 3.62. The molecule has 122 valence electrons. The first kappa shape index (κ1) is 22.5. The standard InChI is InChI=1S/C10H17OSi.C5H5.C2H4.2ClH.Zr/c1-12(2,3)11-9-8-10-6-4-5-7-10;1-2-4-5-3-1;1-2;;;/h6-7H,4,8-9H2,1-3H3;1-3H,4H2;1H,2H3;2*1H;/q;;;;;+2/p-2. The Balaban J connectivity index is 0.00000220. The second-order valence-electron chi connectivity index (χ2n) is 6.39. The van der Waals surface area contributed by atoms with E-state index in [1.807, 2.05) is 0 Å². The summed E-state index contributed by atoms with van der Waals surface area (Å²) in [6, 6.07) is 0. The molecule has 0 atom stereocenters. The normalized spacial score (nSPS) is 16.6. The summed E-state index contributed by atoms with van der Waals surface area (Å²) in [4.78, 5) is 0. The van der Waals surface area contributed by atoms with E-state index in [9.17, 15) is 0 Å². The van der Waals surface area contributed by atoms with Gasteiger partial charge in [0.2, 0.25) is 0 Å². The summed E-state index contributed by atoms with van der Waals surface area (Å²) in [6.45, 7) is 9.93. The molecule has 22 heavy (non-hydrogen) atoms. The van der Waals surface area contributed by atoms with Crippen LogP contribution in [0.2, 0.25) is 19.6 Å². The smallest absolute Gasteiger partial charge is 1.00 e. The minimum atomic E-state index is -1.60. The van der Waals surface area contributed by atoms with Crippen LogP contribution in [-0.2, 0) is 25.7 Å². The fourth-order valence-electron chi connectivity index (χ4n) is 2.64. The van der Waals surface area contributed by atoms with Crippen molar-refractivity contribution >= 4 is 12.0 Å². The van der Waals surface area contributed by atoms with Crippen LogP contribution in [0.5, 0.6) is 0 Å². The van der Waals surface area contributed by atoms with Crippen molar-refractivity contribution in [2.75, 3.05) is 6.61 Å². The van der Waals surface area contributed by atoms with Gasteiger partial charge in [-0.1, -0.05) is 0 Å². The molecule has 0 aliphatic heterocycles. The summed E-state index contributed by atoms with van der Waals surface area (Å²) in [6.07, 6.45) is 15.3. The van der Waals surface area contributed by atoms with Gasteiger partial charge in [-0.05, 0) is 0 Å². The molecule has 1 nitrogen and oxygen atoms in total. The monoisotopic (exact) mass is 434 g/mol. The first-order chi connectivity index (χ1) is 9.49. The van der Waals surface area contributed by atoms with Crippen LogP contribution in [-0.4, -0.2) is 18.6 Å². The SMILES string of the molecule is C[CH]=[Zr+2]([C]1=CC=CC1)[C]1=CC(CCO[Si](C)(C)C)=CC1.[Cl-].[Cl-]. The molecule has 0 bridgehead atoms. The van der Waals surface area contributed by atoms with Crippen molar-refractivity contribution in [2.45, 2.75) is 45.8 Å². The van der Waals surface area contributed by atoms with Crippen LogP contribution in [0.4, 0.5) is 0 Å². The van der Waals surface area contributed by atoms with E-state index in [0.717, 1.165) is 13.0 Å². The summed E-state index contributed by atoms with van der Waals surface area (Å²) in [5.41, 5.74) is 1.50. The third-order valence-corrected chi connectivity index (χ3v) is 11.3. The van der Waals surface area contributed by atoms with Crippen LogP contribution in [0.25, 0.3) is 0 Å². The second-order valence-corrected chi connectivity index (χ2v) is 17.5. The topological polar surface area (TPSA) is 9.23 Å². The van der Waals surface area contributed by atoms with E-state index in [-0.39, 0.29) is 24.8 Å². The van der Waals surface area contributed by atoms with Crippen LogP contribution >= 0.6 is 0 Å². The van der Waals surface area contributed by atoms with Crippen molar-refractivity contribution in [3.05, 3.63) is 42.5 Å². The van der Waals surface area contributed by atoms with Crippen molar-refractivity contribution in [3.63, 3.8) is 0 Å². The van der Waals surface area contributed by atoms with E-state index < -0.39 is 29.6 Å². The van der Waals surface area contributed by atoms with E-state index >= 15 is 0 Å². The Kier molecular flexibility index (Phi) is 10.6. The molecule has 0 amide bonds. The molecule has 0 aromatic rings. The molecule has 2 aliphatic carbocycles. The quantitative estimate of drug-likeness (QED) is 0.472. The van der Waals surface area contributed by atoms with E-state index in [1.165, 1.54) is 18.4 Å². The molecule has 0 unspecified atom stereocenters. The maximum absolute atomic E-state index is 5.97. The van der Waals surface area contributed by atoms with E-state index in [0.29, 0.717) is 0 Å².